The van der Waals surface area contributed by atoms with Gasteiger partial charge in [0.1, 0.15) is 11.4 Å². The number of benzene rings is 1. The van der Waals surface area contributed by atoms with Crippen LogP contribution < -0.4 is 10.1 Å². The molecule has 100 valence electrons. The molecule has 2 rings (SSSR count). The van der Waals surface area contributed by atoms with Gasteiger partial charge in [0, 0.05) is 6.54 Å². The zero-order chi connectivity index (χ0) is 13.8. The molecule has 1 amide bonds. The Labute approximate surface area is 118 Å². The molecule has 1 N–H and O–H groups in total. The van der Waals surface area contributed by atoms with E-state index in [1.165, 1.54) is 0 Å². The maximum absolute atomic E-state index is 12.1. The van der Waals surface area contributed by atoms with E-state index in [1.807, 2.05) is 31.2 Å². The van der Waals surface area contributed by atoms with Gasteiger partial charge < -0.3 is 10.1 Å². The molecule has 0 bridgehead atoms. The number of hydrogen-bond acceptors (Lipinski definition) is 3. The van der Waals surface area contributed by atoms with E-state index in [2.05, 4.69) is 5.32 Å². The average Bonchev–Trinajstić information content (AvgIpc) is 2.68. The quantitative estimate of drug-likeness (QED) is 0.676. The number of thiocarbonyl (C=S) groups is 1. The van der Waals surface area contributed by atoms with Crippen LogP contribution in [0.1, 0.15) is 18.9 Å². The maximum Gasteiger partial charge on any atom is 0.276 e. The Bertz CT molecular complexity index is 523. The summed E-state index contributed by atoms with van der Waals surface area (Å²) in [5, 5.41) is 3.43. The largest absolute Gasteiger partial charge is 0.497 e. The standard InChI is InChI=1S/C14H16N2O2S/c1-3-8-16-13(17)12(15-14(16)19)9-10-4-6-11(18-2)7-5-10/h4-7,9H,3,8H2,1-2H3,(H,15,19)/b12-9+. The molecule has 1 aliphatic rings. The molecule has 5 heteroatoms. The Kier molecular flexibility index (Phi) is 4.16. The first kappa shape index (κ1) is 13.5. The molecule has 1 aromatic carbocycles. The Morgan fingerprint density at radius 2 is 2.05 bits per heavy atom. The van der Waals surface area contributed by atoms with E-state index >= 15 is 0 Å². The maximum atomic E-state index is 12.1. The fourth-order valence-corrected chi connectivity index (χ4v) is 2.15. The van der Waals surface area contributed by atoms with Crippen LogP contribution in [0.25, 0.3) is 6.08 Å². The van der Waals surface area contributed by atoms with Crippen molar-refractivity contribution in [2.45, 2.75) is 13.3 Å². The van der Waals surface area contributed by atoms with Crippen LogP contribution >= 0.6 is 12.2 Å². The normalized spacial score (nSPS) is 16.9. The zero-order valence-electron chi connectivity index (χ0n) is 11.0. The van der Waals surface area contributed by atoms with Crippen LogP contribution in [0.4, 0.5) is 0 Å². The number of hydrogen-bond donors (Lipinski definition) is 1. The van der Waals surface area contributed by atoms with Crippen molar-refractivity contribution in [1.82, 2.24) is 10.2 Å². The Balaban J connectivity index is 2.19. The predicted molar refractivity (Wildman–Crippen MR) is 78.7 cm³/mol. The Morgan fingerprint density at radius 1 is 1.37 bits per heavy atom. The van der Waals surface area contributed by atoms with Crippen molar-refractivity contribution in [3.8, 4) is 5.75 Å². The Hall–Kier alpha value is -1.88. The third-order valence-corrected chi connectivity index (χ3v) is 3.16. The van der Waals surface area contributed by atoms with E-state index in [1.54, 1.807) is 18.1 Å². The van der Waals surface area contributed by atoms with Gasteiger partial charge in [0.25, 0.3) is 5.91 Å². The van der Waals surface area contributed by atoms with E-state index in [-0.39, 0.29) is 5.91 Å². The third kappa shape index (κ3) is 2.93. The van der Waals surface area contributed by atoms with Crippen LogP contribution in [-0.2, 0) is 4.79 Å². The second kappa shape index (κ2) is 5.84. The molecule has 0 atom stereocenters. The molecule has 0 radical (unpaired) electrons. The molecule has 0 spiro atoms. The minimum Gasteiger partial charge on any atom is -0.497 e. The minimum absolute atomic E-state index is 0.0670. The molecule has 0 unspecified atom stereocenters. The highest BCUT2D eigenvalue weighted by Gasteiger charge is 2.29. The van der Waals surface area contributed by atoms with Crippen molar-refractivity contribution >= 4 is 29.3 Å². The summed E-state index contributed by atoms with van der Waals surface area (Å²) in [6.45, 7) is 2.66. The van der Waals surface area contributed by atoms with Crippen molar-refractivity contribution in [1.29, 1.82) is 0 Å². The molecular formula is C14H16N2O2S. The fraction of sp³-hybridized carbons (Fsp3) is 0.286. The van der Waals surface area contributed by atoms with Gasteiger partial charge in [0.05, 0.1) is 7.11 Å². The van der Waals surface area contributed by atoms with Crippen LogP contribution in [0.15, 0.2) is 30.0 Å². The van der Waals surface area contributed by atoms with Gasteiger partial charge in [-0.1, -0.05) is 19.1 Å². The number of ether oxygens (including phenoxy) is 1. The van der Waals surface area contributed by atoms with Gasteiger partial charge >= 0.3 is 0 Å². The van der Waals surface area contributed by atoms with Gasteiger partial charge in [-0.25, -0.2) is 0 Å². The summed E-state index contributed by atoms with van der Waals surface area (Å²) in [4.78, 5) is 13.7. The first-order valence-corrected chi connectivity index (χ1v) is 6.55. The summed E-state index contributed by atoms with van der Waals surface area (Å²) in [5.41, 5.74) is 1.45. The SMILES string of the molecule is CCCN1C(=O)/C(=C\c2ccc(OC)cc2)NC1=S. The highest BCUT2D eigenvalue weighted by molar-refractivity contribution is 7.80. The molecule has 0 saturated carbocycles. The molecule has 0 aliphatic carbocycles. The van der Waals surface area contributed by atoms with Crippen molar-refractivity contribution in [3.63, 3.8) is 0 Å². The number of nitrogens with zero attached hydrogens (tertiary/aromatic N) is 1. The fourth-order valence-electron chi connectivity index (χ4n) is 1.87. The lowest BCUT2D eigenvalue weighted by atomic mass is 10.2. The summed E-state index contributed by atoms with van der Waals surface area (Å²) in [6, 6.07) is 7.50. The highest BCUT2D eigenvalue weighted by Crippen LogP contribution is 2.17. The van der Waals surface area contributed by atoms with Crippen LogP contribution in [0.3, 0.4) is 0 Å². The number of carbonyl (C=O) groups excluding carboxylic acids is 1. The van der Waals surface area contributed by atoms with E-state index in [4.69, 9.17) is 17.0 Å². The van der Waals surface area contributed by atoms with E-state index in [0.29, 0.717) is 17.4 Å². The summed E-state index contributed by atoms with van der Waals surface area (Å²) in [5.74, 6) is 0.721. The molecule has 1 heterocycles. The van der Waals surface area contributed by atoms with Crippen molar-refractivity contribution in [2.24, 2.45) is 0 Å². The summed E-state index contributed by atoms with van der Waals surface area (Å²) in [7, 11) is 1.62. The number of rotatable bonds is 4. The first-order chi connectivity index (χ1) is 9.15. The number of nitrogens with one attached hydrogen (secondary N) is 1. The molecule has 1 aliphatic heterocycles. The van der Waals surface area contributed by atoms with Gasteiger partial charge in [-0.15, -0.1) is 0 Å². The number of amides is 1. The Morgan fingerprint density at radius 3 is 2.63 bits per heavy atom. The zero-order valence-corrected chi connectivity index (χ0v) is 11.8. The average molecular weight is 276 g/mol. The van der Waals surface area contributed by atoms with Crippen molar-refractivity contribution < 1.29 is 9.53 Å². The smallest absolute Gasteiger partial charge is 0.276 e. The van der Waals surface area contributed by atoms with Gasteiger partial charge in [0.15, 0.2) is 5.11 Å². The molecule has 1 aromatic rings. The lowest BCUT2D eigenvalue weighted by molar-refractivity contribution is -0.122. The molecule has 19 heavy (non-hydrogen) atoms. The molecule has 0 aromatic heterocycles. The number of methoxy groups -OCH3 is 1. The van der Waals surface area contributed by atoms with Gasteiger partial charge in [-0.05, 0) is 42.4 Å². The molecule has 1 fully saturated rings. The van der Waals surface area contributed by atoms with Crippen molar-refractivity contribution in [3.05, 3.63) is 35.5 Å². The summed E-state index contributed by atoms with van der Waals surface area (Å²) >= 11 is 5.15. The topological polar surface area (TPSA) is 41.6 Å². The van der Waals surface area contributed by atoms with E-state index in [9.17, 15) is 4.79 Å². The van der Waals surface area contributed by atoms with Crippen LogP contribution in [0, 0.1) is 0 Å². The molecule has 4 nitrogen and oxygen atoms in total. The second-order valence-electron chi connectivity index (χ2n) is 4.22. The second-order valence-corrected chi connectivity index (χ2v) is 4.60. The lowest BCUT2D eigenvalue weighted by Gasteiger charge is -2.11. The van der Waals surface area contributed by atoms with Crippen LogP contribution in [-0.4, -0.2) is 29.6 Å². The minimum atomic E-state index is -0.0670. The van der Waals surface area contributed by atoms with Crippen LogP contribution in [0.5, 0.6) is 5.75 Å². The van der Waals surface area contributed by atoms with E-state index < -0.39 is 0 Å². The van der Waals surface area contributed by atoms with Gasteiger partial charge in [-0.2, -0.15) is 0 Å². The van der Waals surface area contributed by atoms with Crippen molar-refractivity contribution in [2.75, 3.05) is 13.7 Å². The summed E-state index contributed by atoms with van der Waals surface area (Å²) < 4.78 is 5.09. The third-order valence-electron chi connectivity index (χ3n) is 2.84. The van der Waals surface area contributed by atoms with Gasteiger partial charge in [0.2, 0.25) is 0 Å². The van der Waals surface area contributed by atoms with Crippen LogP contribution in [0.2, 0.25) is 0 Å². The molecule has 1 saturated heterocycles. The predicted octanol–water partition coefficient (Wildman–Crippen LogP) is 2.16. The monoisotopic (exact) mass is 276 g/mol. The van der Waals surface area contributed by atoms with Gasteiger partial charge in [-0.3, -0.25) is 9.69 Å². The molecular weight excluding hydrogens is 260 g/mol. The lowest BCUT2D eigenvalue weighted by Crippen LogP contribution is -2.31. The highest BCUT2D eigenvalue weighted by atomic mass is 32.1. The summed E-state index contributed by atoms with van der Waals surface area (Å²) in [6.07, 6.45) is 2.67. The number of carbonyl (C=O) groups is 1. The van der Waals surface area contributed by atoms with E-state index in [0.717, 1.165) is 17.7 Å². The first-order valence-electron chi connectivity index (χ1n) is 6.14.